The molecule has 2 aromatic heterocycles. The van der Waals surface area contributed by atoms with Gasteiger partial charge in [0.2, 0.25) is 21.7 Å². The molecule has 2 heterocycles. The molecule has 5 rings (SSSR count). The van der Waals surface area contributed by atoms with Crippen molar-refractivity contribution in [2.45, 2.75) is 13.2 Å². The number of ether oxygens (including phenoxy) is 2. The van der Waals surface area contributed by atoms with Gasteiger partial charge in [-0.1, -0.05) is 83.3 Å². The molecule has 12 nitrogen and oxygen atoms in total. The molecule has 0 amide bonds. The van der Waals surface area contributed by atoms with Gasteiger partial charge in [0.05, 0.1) is 9.40 Å². The number of hydrogen-bond acceptors (Lipinski definition) is 14. The zero-order chi connectivity index (χ0) is 31.1. The molecule has 0 aliphatic rings. The van der Waals surface area contributed by atoms with Crippen LogP contribution in [0.5, 0.6) is 0 Å². The van der Waals surface area contributed by atoms with E-state index in [9.17, 15) is 30.6 Å². The van der Waals surface area contributed by atoms with E-state index in [0.29, 0.717) is 11.1 Å². The Balaban J connectivity index is 1.73. The fourth-order valence-corrected chi connectivity index (χ4v) is 5.88. The van der Waals surface area contributed by atoms with Crippen molar-refractivity contribution in [3.05, 3.63) is 82.9 Å². The van der Waals surface area contributed by atoms with Crippen LogP contribution in [0.4, 0.5) is 10.3 Å². The molecular formula is C30H14N8O4S2. The summed E-state index contributed by atoms with van der Waals surface area (Å²) in [6.45, 7) is -0.162. The first kappa shape index (κ1) is 29.2. The molecule has 44 heavy (non-hydrogen) atoms. The first-order valence-electron chi connectivity index (χ1n) is 12.4. The highest BCUT2D eigenvalue weighted by Crippen LogP contribution is 2.43. The van der Waals surface area contributed by atoms with Crippen LogP contribution in [-0.2, 0) is 22.7 Å². The van der Waals surface area contributed by atoms with Crippen molar-refractivity contribution in [3.63, 3.8) is 0 Å². The monoisotopic (exact) mass is 614 g/mol. The van der Waals surface area contributed by atoms with Crippen LogP contribution in [0.1, 0.15) is 31.8 Å². The average molecular weight is 615 g/mol. The number of rotatable bonds is 8. The van der Waals surface area contributed by atoms with Crippen molar-refractivity contribution in [1.29, 1.82) is 21.0 Å². The molecule has 0 aliphatic heterocycles. The molecule has 3 aromatic carbocycles. The zero-order valence-corrected chi connectivity index (χ0v) is 23.8. The Bertz CT molecular complexity index is 1920. The third-order valence-electron chi connectivity index (χ3n) is 5.83. The number of benzene rings is 3. The van der Waals surface area contributed by atoms with Gasteiger partial charge in [-0.2, -0.15) is 31.0 Å². The van der Waals surface area contributed by atoms with Gasteiger partial charge in [-0.05, 0) is 11.1 Å². The minimum Gasteiger partial charge on any atom is -0.457 e. The summed E-state index contributed by atoms with van der Waals surface area (Å²) >= 11 is 1.68. The molecule has 0 spiro atoms. The van der Waals surface area contributed by atoms with Crippen LogP contribution in [0.3, 0.4) is 0 Å². The van der Waals surface area contributed by atoms with Gasteiger partial charge in [0.1, 0.15) is 59.7 Å². The molecule has 0 bridgehead atoms. The average Bonchev–Trinajstić information content (AvgIpc) is 3.67. The second-order valence-electron chi connectivity index (χ2n) is 8.59. The quantitative estimate of drug-likeness (QED) is 0.151. The van der Waals surface area contributed by atoms with E-state index in [4.69, 9.17) is 9.47 Å². The number of aliphatic imine (C=N–C) groups is 2. The minimum absolute atomic E-state index is 0.00109. The lowest BCUT2D eigenvalue weighted by molar-refractivity contribution is 0.0465. The summed E-state index contributed by atoms with van der Waals surface area (Å²) in [5.74, 6) is -1.62. The van der Waals surface area contributed by atoms with Crippen LogP contribution in [-0.4, -0.2) is 33.3 Å². The lowest BCUT2D eigenvalue weighted by Gasteiger charge is -2.10. The molecule has 5 aromatic rings. The number of carbonyl (C=O) groups excluding carboxylic acids is 2. The lowest BCUT2D eigenvalue weighted by Crippen LogP contribution is -2.10. The number of nitriles is 4. The van der Waals surface area contributed by atoms with Crippen molar-refractivity contribution < 1.29 is 19.1 Å². The van der Waals surface area contributed by atoms with E-state index in [1.54, 1.807) is 72.8 Å². The number of carbonyl (C=O) groups is 2. The summed E-state index contributed by atoms with van der Waals surface area (Å²) in [6, 6.07) is 24.5. The number of esters is 2. The van der Waals surface area contributed by atoms with E-state index in [2.05, 4.69) is 20.0 Å². The standard InChI is InChI=1S/C30H14N8O4S2/c31-11-19(12-32)35-29-37-23-21(27(39)41-15-17-7-3-1-4-8-17)25-24(38-30(43-25)36-20(13-33)14-34)22(26(23)44-29)28(40)42-16-18-9-5-2-6-10-18/h1-10H,15-16H2. The molecule has 0 saturated heterocycles. The van der Waals surface area contributed by atoms with Gasteiger partial charge in [0.15, 0.2) is 0 Å². The largest absolute Gasteiger partial charge is 0.457 e. The molecule has 14 heteroatoms. The second-order valence-corrected chi connectivity index (χ2v) is 10.5. The maximum Gasteiger partial charge on any atom is 0.342 e. The van der Waals surface area contributed by atoms with Gasteiger partial charge < -0.3 is 9.47 Å². The number of aromatic nitrogens is 2. The van der Waals surface area contributed by atoms with Crippen molar-refractivity contribution in [2.75, 3.05) is 0 Å². The van der Waals surface area contributed by atoms with Gasteiger partial charge in [0.25, 0.3) is 0 Å². The Hall–Kier alpha value is -6.32. The number of nitrogens with zero attached hydrogens (tertiary/aromatic N) is 8. The Morgan fingerprint density at radius 2 is 1.00 bits per heavy atom. The third-order valence-corrected chi connectivity index (χ3v) is 7.77. The summed E-state index contributed by atoms with van der Waals surface area (Å²) in [4.78, 5) is 44.0. The van der Waals surface area contributed by atoms with E-state index in [1.165, 1.54) is 0 Å². The molecule has 0 aliphatic carbocycles. The third kappa shape index (κ3) is 6.13. The van der Waals surface area contributed by atoms with Crippen LogP contribution >= 0.6 is 22.7 Å². The normalized spacial score (nSPS) is 10.1. The van der Waals surface area contributed by atoms with Gasteiger partial charge in [0, 0.05) is 0 Å². The topological polar surface area (TPSA) is 198 Å². The van der Waals surface area contributed by atoms with Gasteiger partial charge in [-0.15, -0.1) is 0 Å². The Morgan fingerprint density at radius 1 is 0.636 bits per heavy atom. The summed E-state index contributed by atoms with van der Waals surface area (Å²) in [5.41, 5.74) is 0.314. The van der Waals surface area contributed by atoms with Crippen molar-refractivity contribution in [3.8, 4) is 24.3 Å². The highest BCUT2D eigenvalue weighted by Gasteiger charge is 2.30. The second kappa shape index (κ2) is 13.1. The first-order valence-corrected chi connectivity index (χ1v) is 14.1. The smallest absolute Gasteiger partial charge is 0.342 e. The van der Waals surface area contributed by atoms with Crippen LogP contribution in [0.15, 0.2) is 70.6 Å². The molecule has 210 valence electrons. The Labute approximate surface area is 256 Å². The molecule has 0 atom stereocenters. The van der Waals surface area contributed by atoms with Crippen molar-refractivity contribution >= 4 is 76.7 Å². The molecule has 0 N–H and O–H groups in total. The molecule has 0 unspecified atom stereocenters. The molecule has 0 saturated carbocycles. The Morgan fingerprint density at radius 3 is 1.34 bits per heavy atom. The summed E-state index contributed by atoms with van der Waals surface area (Å²) in [5, 5.41) is 36.8. The summed E-state index contributed by atoms with van der Waals surface area (Å²) < 4.78 is 11.5. The van der Waals surface area contributed by atoms with Crippen molar-refractivity contribution in [1.82, 2.24) is 9.97 Å². The maximum atomic E-state index is 13.6. The summed E-state index contributed by atoms with van der Waals surface area (Å²) in [7, 11) is 0. The maximum absolute atomic E-state index is 13.6. The van der Waals surface area contributed by atoms with E-state index in [1.807, 2.05) is 12.1 Å². The Kier molecular flexibility index (Phi) is 8.70. The van der Waals surface area contributed by atoms with Crippen LogP contribution in [0.2, 0.25) is 0 Å². The SMILES string of the molecule is N#CC(C#N)=Nc1nc2c(C(=O)OCc3ccccc3)c3sc(N=C(C#N)C#N)nc3c(C(=O)OCc3ccccc3)c2s1. The summed E-state index contributed by atoms with van der Waals surface area (Å²) in [6.07, 6.45) is 0. The van der Waals surface area contributed by atoms with E-state index in [0.717, 1.165) is 22.7 Å². The number of thiazole rings is 2. The van der Waals surface area contributed by atoms with Crippen LogP contribution < -0.4 is 0 Å². The first-order chi connectivity index (χ1) is 21.4. The van der Waals surface area contributed by atoms with E-state index < -0.39 is 23.4 Å². The highest BCUT2D eigenvalue weighted by atomic mass is 32.1. The van der Waals surface area contributed by atoms with Gasteiger partial charge >= 0.3 is 11.9 Å². The van der Waals surface area contributed by atoms with Crippen LogP contribution in [0, 0.1) is 45.3 Å². The van der Waals surface area contributed by atoms with Gasteiger partial charge in [-0.3, -0.25) is 0 Å². The zero-order valence-electron chi connectivity index (χ0n) is 22.2. The van der Waals surface area contributed by atoms with Crippen LogP contribution in [0.25, 0.3) is 20.4 Å². The fraction of sp³-hybridized carbons (Fsp3) is 0.0667. The lowest BCUT2D eigenvalue weighted by atomic mass is 10.1. The minimum atomic E-state index is -0.811. The molecule has 0 fully saturated rings. The fourth-order valence-electron chi connectivity index (χ4n) is 3.92. The van der Waals surface area contributed by atoms with Gasteiger partial charge in [-0.25, -0.2) is 19.6 Å². The highest BCUT2D eigenvalue weighted by molar-refractivity contribution is 7.24. The number of hydrogen-bond donors (Lipinski definition) is 0. The van der Waals surface area contributed by atoms with Crippen molar-refractivity contribution in [2.24, 2.45) is 9.98 Å². The predicted octanol–water partition coefficient (Wildman–Crippen LogP) is 5.86. The van der Waals surface area contributed by atoms with E-state index in [-0.39, 0.29) is 55.0 Å². The van der Waals surface area contributed by atoms with E-state index >= 15 is 0 Å². The molecule has 0 radical (unpaired) electrons. The predicted molar refractivity (Wildman–Crippen MR) is 161 cm³/mol. The molecular weight excluding hydrogens is 601 g/mol. The number of fused-ring (bicyclic) bond motifs is 2.